The molecule has 3 aromatic heterocycles. The molecular weight excluding hydrogens is 719 g/mol. The van der Waals surface area contributed by atoms with Crippen LogP contribution in [0.3, 0.4) is 0 Å². The van der Waals surface area contributed by atoms with E-state index in [1.54, 1.807) is 0 Å². The lowest BCUT2D eigenvalue weighted by Gasteiger charge is -2.22. The lowest BCUT2D eigenvalue weighted by molar-refractivity contribution is 0.666. The third-order valence-electron chi connectivity index (χ3n) is 12.3. The number of fused-ring (bicyclic) bond motifs is 10. The van der Waals surface area contributed by atoms with E-state index in [0.29, 0.717) is 17.5 Å². The van der Waals surface area contributed by atoms with Crippen molar-refractivity contribution in [1.82, 2.24) is 24.1 Å². The quantitative estimate of drug-likeness (QED) is 0.176. The van der Waals surface area contributed by atoms with E-state index in [1.165, 1.54) is 54.8 Å². The summed E-state index contributed by atoms with van der Waals surface area (Å²) in [6.07, 6.45) is 0. The Bertz CT molecular complexity index is 3410. The van der Waals surface area contributed by atoms with Crippen LogP contribution < -0.4 is 0 Å². The molecule has 278 valence electrons. The average molecular weight is 756 g/mol. The molecule has 0 fully saturated rings. The van der Waals surface area contributed by atoms with E-state index in [0.717, 1.165) is 39.1 Å². The summed E-state index contributed by atoms with van der Waals surface area (Å²) < 4.78 is 4.73. The Hall–Kier alpha value is -7.63. The van der Waals surface area contributed by atoms with Crippen LogP contribution in [0.15, 0.2) is 188 Å². The minimum Gasteiger partial charge on any atom is -0.309 e. The number of rotatable bonds is 5. The van der Waals surface area contributed by atoms with E-state index >= 15 is 0 Å². The normalized spacial score (nSPS) is 13.1. The average Bonchev–Trinajstić information content (AvgIpc) is 3.90. The Morgan fingerprint density at radius 2 is 0.898 bits per heavy atom. The zero-order chi connectivity index (χ0) is 39.2. The van der Waals surface area contributed by atoms with Gasteiger partial charge < -0.3 is 9.13 Å². The Morgan fingerprint density at radius 1 is 0.373 bits per heavy atom. The molecule has 59 heavy (non-hydrogen) atoms. The largest absolute Gasteiger partial charge is 0.309 e. The second-order valence-electron chi connectivity index (χ2n) is 16.0. The third kappa shape index (κ3) is 5.01. The van der Waals surface area contributed by atoms with Crippen molar-refractivity contribution in [2.75, 3.05) is 0 Å². The molecule has 5 heteroatoms. The summed E-state index contributed by atoms with van der Waals surface area (Å²) in [5, 5.41) is 5.04. The number of hydrogen-bond acceptors (Lipinski definition) is 3. The van der Waals surface area contributed by atoms with Gasteiger partial charge in [-0.15, -0.1) is 0 Å². The highest BCUT2D eigenvalue weighted by atomic mass is 15.0. The predicted molar refractivity (Wildman–Crippen MR) is 242 cm³/mol. The molecule has 5 nitrogen and oxygen atoms in total. The molecule has 0 unspecified atom stereocenters. The molecule has 0 spiro atoms. The molecule has 1 aliphatic rings. The molecule has 8 aromatic carbocycles. The second-order valence-corrected chi connectivity index (χ2v) is 16.0. The molecular formula is C54H37N5. The molecule has 0 N–H and O–H groups in total. The molecule has 0 saturated carbocycles. The summed E-state index contributed by atoms with van der Waals surface area (Å²) in [6.45, 7) is 4.73. The minimum atomic E-state index is -0.125. The van der Waals surface area contributed by atoms with Crippen LogP contribution >= 0.6 is 0 Å². The zero-order valence-electron chi connectivity index (χ0n) is 32.6. The number of nitrogens with zero attached hydrogens (tertiary/aromatic N) is 5. The topological polar surface area (TPSA) is 48.5 Å². The second kappa shape index (κ2) is 12.7. The van der Waals surface area contributed by atoms with Gasteiger partial charge >= 0.3 is 0 Å². The predicted octanol–water partition coefficient (Wildman–Crippen LogP) is 13.4. The van der Waals surface area contributed by atoms with E-state index in [4.69, 9.17) is 15.0 Å². The molecule has 0 atom stereocenters. The maximum atomic E-state index is 5.18. The summed E-state index contributed by atoms with van der Waals surface area (Å²) in [5.41, 5.74) is 15.0. The Balaban J connectivity index is 0.994. The number of benzene rings is 8. The van der Waals surface area contributed by atoms with Crippen LogP contribution in [0, 0.1) is 0 Å². The lowest BCUT2D eigenvalue weighted by atomic mass is 9.80. The molecule has 0 saturated heterocycles. The van der Waals surface area contributed by atoms with Crippen molar-refractivity contribution < 1.29 is 0 Å². The Morgan fingerprint density at radius 3 is 1.59 bits per heavy atom. The van der Waals surface area contributed by atoms with Gasteiger partial charge in [-0.3, -0.25) is 0 Å². The van der Waals surface area contributed by atoms with Crippen LogP contribution in [0.5, 0.6) is 0 Å². The molecule has 0 amide bonds. The summed E-state index contributed by atoms with van der Waals surface area (Å²) in [6, 6.07) is 66.9. The highest BCUT2D eigenvalue weighted by molar-refractivity contribution is 6.14. The Kier molecular flexibility index (Phi) is 7.20. The smallest absolute Gasteiger partial charge is 0.164 e. The highest BCUT2D eigenvalue weighted by Crippen LogP contribution is 2.53. The van der Waals surface area contributed by atoms with Crippen LogP contribution in [-0.2, 0) is 5.41 Å². The van der Waals surface area contributed by atoms with Crippen LogP contribution in [-0.4, -0.2) is 24.1 Å². The molecule has 3 heterocycles. The monoisotopic (exact) mass is 755 g/mol. The molecule has 11 aromatic rings. The van der Waals surface area contributed by atoms with Crippen LogP contribution in [0.25, 0.3) is 100 Å². The summed E-state index contributed by atoms with van der Waals surface area (Å²) in [5.74, 6) is 1.89. The van der Waals surface area contributed by atoms with Gasteiger partial charge in [0.1, 0.15) is 0 Å². The van der Waals surface area contributed by atoms with Gasteiger partial charge in [-0.05, 0) is 82.9 Å². The number of aromatic nitrogens is 5. The molecule has 0 aliphatic heterocycles. The van der Waals surface area contributed by atoms with E-state index in [9.17, 15) is 0 Å². The first kappa shape index (κ1) is 33.5. The zero-order valence-corrected chi connectivity index (χ0v) is 32.6. The SMILES string of the molecule is CC1(C)c2ccccc2-c2ccc3c(c21)c1ccccc1n3-c1ccc(-c2nc(-c3ccccc3)nc(-c3cccc(-n4c5ccccc5c5ccccc54)c3)n2)cc1. The highest BCUT2D eigenvalue weighted by Gasteiger charge is 2.38. The van der Waals surface area contributed by atoms with E-state index < -0.39 is 0 Å². The van der Waals surface area contributed by atoms with E-state index in [2.05, 4.69) is 193 Å². The fraction of sp³-hybridized carbons (Fsp3) is 0.0556. The molecule has 0 bridgehead atoms. The van der Waals surface area contributed by atoms with Crippen LogP contribution in [0.4, 0.5) is 0 Å². The maximum absolute atomic E-state index is 5.18. The van der Waals surface area contributed by atoms with Crippen LogP contribution in [0.1, 0.15) is 25.0 Å². The van der Waals surface area contributed by atoms with Gasteiger partial charge in [0.15, 0.2) is 17.5 Å². The lowest BCUT2D eigenvalue weighted by Crippen LogP contribution is -2.15. The van der Waals surface area contributed by atoms with Gasteiger partial charge in [-0.1, -0.05) is 141 Å². The van der Waals surface area contributed by atoms with Crippen LogP contribution in [0.2, 0.25) is 0 Å². The number of hydrogen-bond donors (Lipinski definition) is 0. The van der Waals surface area contributed by atoms with Gasteiger partial charge in [0.05, 0.1) is 22.1 Å². The first-order chi connectivity index (χ1) is 29.0. The van der Waals surface area contributed by atoms with Gasteiger partial charge in [0.25, 0.3) is 0 Å². The van der Waals surface area contributed by atoms with Crippen molar-refractivity contribution in [3.63, 3.8) is 0 Å². The fourth-order valence-corrected chi connectivity index (χ4v) is 9.70. The van der Waals surface area contributed by atoms with Gasteiger partial charge in [0.2, 0.25) is 0 Å². The summed E-state index contributed by atoms with van der Waals surface area (Å²) >= 11 is 0. The van der Waals surface area contributed by atoms with Gasteiger partial charge in [-0.25, -0.2) is 15.0 Å². The molecule has 12 rings (SSSR count). The van der Waals surface area contributed by atoms with Gasteiger partial charge in [-0.2, -0.15) is 0 Å². The minimum absolute atomic E-state index is 0.125. The van der Waals surface area contributed by atoms with Gasteiger partial charge in [0, 0.05) is 55.0 Å². The maximum Gasteiger partial charge on any atom is 0.164 e. The van der Waals surface area contributed by atoms with Crippen molar-refractivity contribution in [1.29, 1.82) is 0 Å². The molecule has 1 aliphatic carbocycles. The standard InChI is InChI=1S/C54H37N5/c1-54(2)44-23-10-6-19-39(44)42-31-32-48-49(50(42)54)43-22-9-13-26-47(43)58(48)37-29-27-35(28-30-37)52-55-51(34-15-4-3-5-16-34)56-53(57-52)36-17-14-18-38(33-36)59-45-24-11-7-20-40(45)41-21-8-12-25-46(41)59/h3-33H,1-2H3. The Labute approximate surface area is 341 Å². The van der Waals surface area contributed by atoms with Crippen molar-refractivity contribution in [3.8, 4) is 56.7 Å². The fourth-order valence-electron chi connectivity index (χ4n) is 9.70. The van der Waals surface area contributed by atoms with Crippen molar-refractivity contribution in [2.24, 2.45) is 0 Å². The third-order valence-corrected chi connectivity index (χ3v) is 12.3. The van der Waals surface area contributed by atoms with Crippen molar-refractivity contribution in [2.45, 2.75) is 19.3 Å². The first-order valence-corrected chi connectivity index (χ1v) is 20.2. The first-order valence-electron chi connectivity index (χ1n) is 20.2. The van der Waals surface area contributed by atoms with Crippen molar-refractivity contribution in [3.05, 3.63) is 199 Å². The van der Waals surface area contributed by atoms with E-state index in [1.807, 2.05) is 18.2 Å². The number of para-hydroxylation sites is 3. The summed E-state index contributed by atoms with van der Waals surface area (Å²) in [7, 11) is 0. The van der Waals surface area contributed by atoms with Crippen molar-refractivity contribution >= 4 is 43.6 Å². The molecule has 0 radical (unpaired) electrons. The summed E-state index contributed by atoms with van der Waals surface area (Å²) in [4.78, 5) is 15.4. The van der Waals surface area contributed by atoms with E-state index in [-0.39, 0.29) is 5.41 Å².